The smallest absolute Gasteiger partial charge is 0.356 e. The molecule has 1 saturated heterocycles. The van der Waals surface area contributed by atoms with Crippen LogP contribution in [0, 0.1) is 0 Å². The van der Waals surface area contributed by atoms with E-state index >= 15 is 0 Å². The van der Waals surface area contributed by atoms with Crippen LogP contribution < -0.4 is 4.90 Å². The van der Waals surface area contributed by atoms with Gasteiger partial charge in [0.25, 0.3) is 0 Å². The number of ether oxygens (including phenoxy) is 1. The van der Waals surface area contributed by atoms with Gasteiger partial charge >= 0.3 is 5.97 Å². The number of morpholine rings is 1. The van der Waals surface area contributed by atoms with Crippen molar-refractivity contribution in [2.45, 2.75) is 0 Å². The molecule has 6 nitrogen and oxygen atoms in total. The summed E-state index contributed by atoms with van der Waals surface area (Å²) in [5, 5.41) is 9.04. The zero-order chi connectivity index (χ0) is 13.4. The third kappa shape index (κ3) is 2.31. The first-order chi connectivity index (χ1) is 9.15. The fourth-order valence-corrected chi connectivity index (χ4v) is 2.62. The number of rotatable bonds is 2. The lowest BCUT2D eigenvalue weighted by molar-refractivity contribution is 0.0691. The molecular formula is C12H12BrN3O3. The van der Waals surface area contributed by atoms with Gasteiger partial charge in [-0.05, 0) is 22.0 Å². The molecule has 0 radical (unpaired) electrons. The molecule has 0 unspecified atom stereocenters. The third-order valence-corrected chi connectivity index (χ3v) is 3.50. The molecule has 0 bridgehead atoms. The zero-order valence-electron chi connectivity index (χ0n) is 10.0. The molecule has 0 aromatic carbocycles. The summed E-state index contributed by atoms with van der Waals surface area (Å²) < 4.78 is 7.95. The topological polar surface area (TPSA) is 67.1 Å². The first-order valence-electron chi connectivity index (χ1n) is 5.89. The Morgan fingerprint density at radius 2 is 2.11 bits per heavy atom. The van der Waals surface area contributed by atoms with Gasteiger partial charge in [0, 0.05) is 30.0 Å². The lowest BCUT2D eigenvalue weighted by atomic mass is 10.3. The Bertz CT molecular complexity index is 634. The first-order valence-corrected chi connectivity index (χ1v) is 6.69. The molecule has 1 N–H and O–H groups in total. The number of imidazole rings is 1. The molecule has 1 aliphatic rings. The average Bonchev–Trinajstić information content (AvgIpc) is 2.82. The Labute approximate surface area is 117 Å². The molecule has 0 saturated carbocycles. The lowest BCUT2D eigenvalue weighted by Gasteiger charge is -2.29. The normalized spacial score (nSPS) is 15.9. The summed E-state index contributed by atoms with van der Waals surface area (Å²) in [7, 11) is 0. The molecule has 2 aromatic rings. The maximum Gasteiger partial charge on any atom is 0.356 e. The SMILES string of the molecule is O=C(O)c1cn2cc(Br)cc(N3CCOCC3)c2n1. The second-order valence-electron chi connectivity index (χ2n) is 4.31. The van der Waals surface area contributed by atoms with E-state index in [0.717, 1.165) is 23.2 Å². The van der Waals surface area contributed by atoms with Crippen LogP contribution in [0.25, 0.3) is 5.65 Å². The van der Waals surface area contributed by atoms with Crippen LogP contribution in [0.2, 0.25) is 0 Å². The van der Waals surface area contributed by atoms with Crippen LogP contribution in [0.15, 0.2) is 22.9 Å². The van der Waals surface area contributed by atoms with Gasteiger partial charge in [-0.1, -0.05) is 0 Å². The minimum atomic E-state index is -1.02. The van der Waals surface area contributed by atoms with Crippen molar-refractivity contribution < 1.29 is 14.6 Å². The van der Waals surface area contributed by atoms with Crippen LogP contribution in [-0.2, 0) is 4.74 Å². The number of hydrogen-bond donors (Lipinski definition) is 1. The number of nitrogens with zero attached hydrogens (tertiary/aromatic N) is 3. The van der Waals surface area contributed by atoms with E-state index in [0.29, 0.717) is 18.9 Å². The summed E-state index contributed by atoms with van der Waals surface area (Å²) >= 11 is 3.44. The molecular weight excluding hydrogens is 314 g/mol. The van der Waals surface area contributed by atoms with Crippen LogP contribution >= 0.6 is 15.9 Å². The fourth-order valence-electron chi connectivity index (χ4n) is 2.19. The summed E-state index contributed by atoms with van der Waals surface area (Å²) in [5.41, 5.74) is 1.63. The van der Waals surface area contributed by atoms with Gasteiger partial charge in [0.2, 0.25) is 0 Å². The van der Waals surface area contributed by atoms with E-state index in [1.54, 1.807) is 10.6 Å². The van der Waals surface area contributed by atoms with Gasteiger partial charge < -0.3 is 19.1 Å². The van der Waals surface area contributed by atoms with E-state index in [1.807, 2.05) is 6.07 Å². The van der Waals surface area contributed by atoms with Crippen LogP contribution in [0.1, 0.15) is 10.5 Å². The van der Waals surface area contributed by atoms with Crippen molar-refractivity contribution in [3.63, 3.8) is 0 Å². The number of fused-ring (bicyclic) bond motifs is 1. The second kappa shape index (κ2) is 4.82. The fraction of sp³-hybridized carbons (Fsp3) is 0.333. The highest BCUT2D eigenvalue weighted by molar-refractivity contribution is 9.10. The number of halogens is 1. The largest absolute Gasteiger partial charge is 0.476 e. The number of hydrogen-bond acceptors (Lipinski definition) is 4. The minimum Gasteiger partial charge on any atom is -0.476 e. The number of carboxylic acids is 1. The summed E-state index contributed by atoms with van der Waals surface area (Å²) in [6.07, 6.45) is 3.32. The number of anilines is 1. The maximum atomic E-state index is 11.0. The Morgan fingerprint density at radius 3 is 2.79 bits per heavy atom. The van der Waals surface area contributed by atoms with Crippen molar-refractivity contribution in [1.29, 1.82) is 0 Å². The highest BCUT2D eigenvalue weighted by Crippen LogP contribution is 2.26. The van der Waals surface area contributed by atoms with E-state index in [4.69, 9.17) is 9.84 Å². The number of aromatic carboxylic acids is 1. The zero-order valence-corrected chi connectivity index (χ0v) is 11.6. The molecule has 0 atom stereocenters. The number of carbonyl (C=O) groups is 1. The van der Waals surface area contributed by atoms with Gasteiger partial charge in [-0.3, -0.25) is 0 Å². The van der Waals surface area contributed by atoms with E-state index in [2.05, 4.69) is 25.8 Å². The summed E-state index contributed by atoms with van der Waals surface area (Å²) in [5.74, 6) is -1.02. The molecule has 0 amide bonds. The van der Waals surface area contributed by atoms with Gasteiger partial charge in [0.05, 0.1) is 18.9 Å². The van der Waals surface area contributed by atoms with Crippen molar-refractivity contribution in [2.75, 3.05) is 31.2 Å². The number of carboxylic acid groups (broad SMARTS) is 1. The van der Waals surface area contributed by atoms with Gasteiger partial charge in [0.15, 0.2) is 11.3 Å². The Kier molecular flexibility index (Phi) is 3.16. The summed E-state index contributed by atoms with van der Waals surface area (Å²) in [6, 6.07) is 1.96. The number of pyridine rings is 1. The molecule has 7 heteroatoms. The molecule has 0 spiro atoms. The van der Waals surface area contributed by atoms with Crippen molar-refractivity contribution >= 4 is 33.2 Å². The van der Waals surface area contributed by atoms with Crippen LogP contribution in [-0.4, -0.2) is 46.8 Å². The van der Waals surface area contributed by atoms with Crippen LogP contribution in [0.3, 0.4) is 0 Å². The van der Waals surface area contributed by atoms with Crippen molar-refractivity contribution in [3.8, 4) is 0 Å². The van der Waals surface area contributed by atoms with Crippen molar-refractivity contribution in [3.05, 3.63) is 28.6 Å². The highest BCUT2D eigenvalue weighted by atomic mass is 79.9. The number of aromatic nitrogens is 2. The Hall–Kier alpha value is -1.60. The summed E-state index contributed by atoms with van der Waals surface area (Å²) in [6.45, 7) is 2.90. The van der Waals surface area contributed by atoms with Gasteiger partial charge in [-0.25, -0.2) is 9.78 Å². The molecule has 3 rings (SSSR count). The van der Waals surface area contributed by atoms with E-state index in [1.165, 1.54) is 6.20 Å². The van der Waals surface area contributed by atoms with E-state index in [-0.39, 0.29) is 5.69 Å². The summed E-state index contributed by atoms with van der Waals surface area (Å²) in [4.78, 5) is 17.4. The van der Waals surface area contributed by atoms with Gasteiger partial charge in [-0.2, -0.15) is 0 Å². The Morgan fingerprint density at radius 1 is 1.37 bits per heavy atom. The van der Waals surface area contributed by atoms with E-state index < -0.39 is 5.97 Å². The predicted octanol–water partition coefficient (Wildman–Crippen LogP) is 1.63. The quantitative estimate of drug-likeness (QED) is 0.909. The molecule has 3 heterocycles. The molecule has 2 aromatic heterocycles. The van der Waals surface area contributed by atoms with Gasteiger partial charge in [-0.15, -0.1) is 0 Å². The average molecular weight is 326 g/mol. The van der Waals surface area contributed by atoms with Crippen LogP contribution in [0.5, 0.6) is 0 Å². The standard InChI is InChI=1S/C12H12BrN3O3/c13-8-5-10(15-1-3-19-4-2-15)11-14-9(12(17)18)7-16(11)6-8/h5-7H,1-4H2,(H,17,18). The molecule has 19 heavy (non-hydrogen) atoms. The lowest BCUT2D eigenvalue weighted by Crippen LogP contribution is -2.36. The van der Waals surface area contributed by atoms with Gasteiger partial charge in [0.1, 0.15) is 0 Å². The van der Waals surface area contributed by atoms with E-state index in [9.17, 15) is 4.79 Å². The third-order valence-electron chi connectivity index (χ3n) is 3.07. The maximum absolute atomic E-state index is 11.0. The first kappa shape index (κ1) is 12.4. The monoisotopic (exact) mass is 325 g/mol. The van der Waals surface area contributed by atoms with Crippen molar-refractivity contribution in [1.82, 2.24) is 9.38 Å². The Balaban J connectivity index is 2.13. The van der Waals surface area contributed by atoms with Crippen LogP contribution in [0.4, 0.5) is 5.69 Å². The molecule has 1 fully saturated rings. The molecule has 0 aliphatic carbocycles. The molecule has 1 aliphatic heterocycles. The highest BCUT2D eigenvalue weighted by Gasteiger charge is 2.18. The second-order valence-corrected chi connectivity index (χ2v) is 5.22. The minimum absolute atomic E-state index is 0.0487. The molecule has 100 valence electrons. The van der Waals surface area contributed by atoms with Crippen molar-refractivity contribution in [2.24, 2.45) is 0 Å². The predicted molar refractivity (Wildman–Crippen MR) is 72.9 cm³/mol.